The number of aryl methyl sites for hydroxylation is 1. The van der Waals surface area contributed by atoms with Crippen molar-refractivity contribution in [3.63, 3.8) is 0 Å². The van der Waals surface area contributed by atoms with Gasteiger partial charge in [-0.3, -0.25) is 0 Å². The molecule has 1 unspecified atom stereocenters. The lowest BCUT2D eigenvalue weighted by Crippen LogP contribution is -2.25. The first-order valence-electron chi connectivity index (χ1n) is 7.62. The molecule has 0 spiro atoms. The summed E-state index contributed by atoms with van der Waals surface area (Å²) in [4.78, 5) is 1.23. The maximum absolute atomic E-state index is 4.39. The van der Waals surface area contributed by atoms with Gasteiger partial charge in [0.25, 0.3) is 0 Å². The predicted molar refractivity (Wildman–Crippen MR) is 89.9 cm³/mol. The van der Waals surface area contributed by atoms with Crippen molar-refractivity contribution in [1.29, 1.82) is 0 Å². The summed E-state index contributed by atoms with van der Waals surface area (Å²) >= 11 is 1.51. The largest absolute Gasteiger partial charge is 0.306 e. The normalized spacial score (nSPS) is 13.4. The standard InChI is InChI=1S/C17H25N3S/c1-6-12-9-8-10-13(11-12)14(18-7-2)15-16(17(3,4)5)19-20-21-15/h8-11,14,18H,6-7H2,1-5H3. The molecule has 1 aromatic carbocycles. The van der Waals surface area contributed by atoms with Gasteiger partial charge in [0.15, 0.2) is 0 Å². The molecule has 114 valence electrons. The van der Waals surface area contributed by atoms with Gasteiger partial charge in [-0.2, -0.15) is 0 Å². The zero-order chi connectivity index (χ0) is 15.5. The van der Waals surface area contributed by atoms with Gasteiger partial charge in [-0.1, -0.05) is 63.4 Å². The number of aromatic nitrogens is 2. The van der Waals surface area contributed by atoms with E-state index in [4.69, 9.17) is 0 Å². The topological polar surface area (TPSA) is 37.8 Å². The van der Waals surface area contributed by atoms with Crippen molar-refractivity contribution in [2.24, 2.45) is 0 Å². The molecule has 0 aliphatic rings. The predicted octanol–water partition coefficient (Wildman–Crippen LogP) is 4.10. The van der Waals surface area contributed by atoms with Crippen LogP contribution in [-0.2, 0) is 11.8 Å². The van der Waals surface area contributed by atoms with Crippen LogP contribution in [0, 0.1) is 0 Å². The van der Waals surface area contributed by atoms with Crippen molar-refractivity contribution in [3.8, 4) is 0 Å². The van der Waals surface area contributed by atoms with Gasteiger partial charge >= 0.3 is 0 Å². The summed E-state index contributed by atoms with van der Waals surface area (Å²) < 4.78 is 4.21. The van der Waals surface area contributed by atoms with Crippen LogP contribution in [0.1, 0.15) is 62.4 Å². The first kappa shape index (κ1) is 16.1. The highest BCUT2D eigenvalue weighted by Crippen LogP contribution is 2.33. The molecule has 0 saturated carbocycles. The molecule has 0 saturated heterocycles. The smallest absolute Gasteiger partial charge is 0.0860 e. The highest BCUT2D eigenvalue weighted by atomic mass is 32.1. The van der Waals surface area contributed by atoms with E-state index >= 15 is 0 Å². The molecular formula is C17H25N3S. The first-order valence-corrected chi connectivity index (χ1v) is 8.39. The van der Waals surface area contributed by atoms with Crippen LogP contribution in [0.4, 0.5) is 0 Å². The molecule has 3 nitrogen and oxygen atoms in total. The molecule has 0 aliphatic carbocycles. The molecule has 21 heavy (non-hydrogen) atoms. The fraction of sp³-hybridized carbons (Fsp3) is 0.529. The number of hydrogen-bond acceptors (Lipinski definition) is 4. The number of nitrogens with one attached hydrogen (secondary N) is 1. The third kappa shape index (κ3) is 3.69. The van der Waals surface area contributed by atoms with E-state index in [2.05, 4.69) is 73.8 Å². The Morgan fingerprint density at radius 2 is 2.00 bits per heavy atom. The molecule has 2 aromatic rings. The van der Waals surface area contributed by atoms with Crippen LogP contribution in [-0.4, -0.2) is 16.1 Å². The van der Waals surface area contributed by atoms with Crippen molar-refractivity contribution in [1.82, 2.24) is 14.9 Å². The van der Waals surface area contributed by atoms with Crippen molar-refractivity contribution in [3.05, 3.63) is 46.0 Å². The molecular weight excluding hydrogens is 278 g/mol. The summed E-state index contributed by atoms with van der Waals surface area (Å²) in [5.41, 5.74) is 3.77. The average molecular weight is 303 g/mol. The Bertz CT molecular complexity index is 584. The fourth-order valence-corrected chi connectivity index (χ4v) is 3.43. The minimum atomic E-state index is 0.0123. The van der Waals surface area contributed by atoms with Gasteiger partial charge in [-0.05, 0) is 35.6 Å². The van der Waals surface area contributed by atoms with Gasteiger partial charge in [0, 0.05) is 5.41 Å². The summed E-state index contributed by atoms with van der Waals surface area (Å²) in [6, 6.07) is 8.99. The lowest BCUT2D eigenvalue weighted by Gasteiger charge is -2.23. The molecule has 1 aromatic heterocycles. The molecule has 4 heteroatoms. The summed E-state index contributed by atoms with van der Waals surface area (Å²) in [6.07, 6.45) is 1.06. The summed E-state index contributed by atoms with van der Waals surface area (Å²) in [7, 11) is 0. The van der Waals surface area contributed by atoms with E-state index in [-0.39, 0.29) is 11.5 Å². The minimum Gasteiger partial charge on any atom is -0.306 e. The Kier molecular flexibility index (Phi) is 5.12. The van der Waals surface area contributed by atoms with Gasteiger partial charge < -0.3 is 5.32 Å². The minimum absolute atomic E-state index is 0.0123. The van der Waals surface area contributed by atoms with Crippen LogP contribution in [0.2, 0.25) is 0 Å². The van der Waals surface area contributed by atoms with Crippen LogP contribution < -0.4 is 5.32 Å². The maximum atomic E-state index is 4.39. The van der Waals surface area contributed by atoms with E-state index < -0.39 is 0 Å². The second-order valence-corrected chi connectivity index (χ2v) is 7.11. The van der Waals surface area contributed by atoms with Gasteiger partial charge in [-0.15, -0.1) is 5.10 Å². The SMILES string of the molecule is CCNC(c1cccc(CC)c1)c1snnc1C(C)(C)C. The zero-order valence-corrected chi connectivity index (χ0v) is 14.4. The van der Waals surface area contributed by atoms with Crippen molar-refractivity contribution >= 4 is 11.5 Å². The zero-order valence-electron chi connectivity index (χ0n) is 13.6. The van der Waals surface area contributed by atoms with E-state index in [1.54, 1.807) is 0 Å². The van der Waals surface area contributed by atoms with Crippen LogP contribution >= 0.6 is 11.5 Å². The van der Waals surface area contributed by atoms with Crippen LogP contribution in [0.15, 0.2) is 24.3 Å². The number of benzene rings is 1. The Labute approximate surface area is 132 Å². The van der Waals surface area contributed by atoms with E-state index in [0.29, 0.717) is 0 Å². The molecule has 0 amide bonds. The quantitative estimate of drug-likeness (QED) is 0.903. The summed E-state index contributed by atoms with van der Waals surface area (Å²) in [6.45, 7) is 11.8. The Hall–Kier alpha value is -1.26. The molecule has 1 N–H and O–H groups in total. The van der Waals surface area contributed by atoms with E-state index in [1.807, 2.05) is 0 Å². The van der Waals surface area contributed by atoms with E-state index in [9.17, 15) is 0 Å². The van der Waals surface area contributed by atoms with E-state index in [0.717, 1.165) is 18.7 Å². The average Bonchev–Trinajstić information content (AvgIpc) is 2.94. The Morgan fingerprint density at radius 1 is 1.24 bits per heavy atom. The van der Waals surface area contributed by atoms with Crippen LogP contribution in [0.5, 0.6) is 0 Å². The van der Waals surface area contributed by atoms with Crippen LogP contribution in [0.3, 0.4) is 0 Å². The molecule has 1 heterocycles. The third-order valence-electron chi connectivity index (χ3n) is 3.59. The highest BCUT2D eigenvalue weighted by Gasteiger charge is 2.27. The monoisotopic (exact) mass is 303 g/mol. The van der Waals surface area contributed by atoms with Crippen molar-refractivity contribution in [2.45, 2.75) is 52.5 Å². The van der Waals surface area contributed by atoms with Gasteiger partial charge in [0.05, 0.1) is 16.6 Å². The molecule has 2 rings (SSSR count). The second kappa shape index (κ2) is 6.67. The molecule has 0 aliphatic heterocycles. The van der Waals surface area contributed by atoms with Crippen molar-refractivity contribution in [2.75, 3.05) is 6.54 Å². The molecule has 0 bridgehead atoms. The summed E-state index contributed by atoms with van der Waals surface area (Å²) in [5.74, 6) is 0. The van der Waals surface area contributed by atoms with Crippen LogP contribution in [0.25, 0.3) is 0 Å². The van der Waals surface area contributed by atoms with E-state index in [1.165, 1.54) is 27.5 Å². The second-order valence-electron chi connectivity index (χ2n) is 6.33. The van der Waals surface area contributed by atoms with Crippen molar-refractivity contribution < 1.29 is 0 Å². The molecule has 0 fully saturated rings. The molecule has 0 radical (unpaired) electrons. The Balaban J connectivity index is 2.46. The highest BCUT2D eigenvalue weighted by molar-refractivity contribution is 7.05. The fourth-order valence-electron chi connectivity index (χ4n) is 2.47. The summed E-state index contributed by atoms with van der Waals surface area (Å²) in [5, 5.41) is 7.98. The number of nitrogens with zero attached hydrogens (tertiary/aromatic N) is 2. The number of hydrogen-bond donors (Lipinski definition) is 1. The number of rotatable bonds is 5. The van der Waals surface area contributed by atoms with Gasteiger partial charge in [0.1, 0.15) is 0 Å². The lowest BCUT2D eigenvalue weighted by molar-refractivity contribution is 0.543. The lowest BCUT2D eigenvalue weighted by atomic mass is 9.88. The first-order chi connectivity index (χ1) is 9.97. The maximum Gasteiger partial charge on any atom is 0.0860 e. The third-order valence-corrected chi connectivity index (χ3v) is 4.38. The molecule has 1 atom stereocenters. The Morgan fingerprint density at radius 3 is 2.62 bits per heavy atom. The van der Waals surface area contributed by atoms with Gasteiger partial charge in [-0.25, -0.2) is 0 Å². The van der Waals surface area contributed by atoms with Gasteiger partial charge in [0.2, 0.25) is 0 Å².